The molecule has 390 valence electrons. The third-order valence-corrected chi connectivity index (χ3v) is 13.8. The second-order valence-corrected chi connectivity index (χ2v) is 18.5. The number of rotatable bonds is 21. The van der Waals surface area contributed by atoms with Gasteiger partial charge in [-0.2, -0.15) is 10.2 Å². The summed E-state index contributed by atoms with van der Waals surface area (Å²) in [4.78, 5) is 79.9. The van der Waals surface area contributed by atoms with Gasteiger partial charge in [0.05, 0.1) is 76.1 Å². The molecule has 9 rings (SSSR count). The molecular formula is C50H61F2N11O10. The fourth-order valence-corrected chi connectivity index (χ4v) is 10.1. The number of hydrogen-bond donors (Lipinski definition) is 4. The number of aryl methyl sites for hydroxylation is 1. The van der Waals surface area contributed by atoms with Gasteiger partial charge in [0.2, 0.25) is 17.7 Å². The van der Waals surface area contributed by atoms with Crippen LogP contribution in [-0.2, 0) is 59.3 Å². The number of alkyl halides is 2. The van der Waals surface area contributed by atoms with Crippen LogP contribution in [0.25, 0.3) is 11.1 Å². The molecule has 2 aromatic carbocycles. The molecule has 0 saturated carbocycles. The Hall–Kier alpha value is -6.82. The molecule has 1 unspecified atom stereocenters. The molecular weight excluding hydrogens is 953 g/mol. The molecule has 5 aliphatic rings. The van der Waals surface area contributed by atoms with Crippen molar-refractivity contribution in [3.8, 4) is 11.1 Å². The second kappa shape index (κ2) is 23.4. The fraction of sp³-hybridized carbons (Fsp3) is 0.520. The number of piperidine rings is 1. The quantitative estimate of drug-likeness (QED) is 0.0686. The van der Waals surface area contributed by atoms with Crippen LogP contribution < -0.4 is 26.2 Å². The van der Waals surface area contributed by atoms with E-state index in [1.54, 1.807) is 47.2 Å². The summed E-state index contributed by atoms with van der Waals surface area (Å²) < 4.78 is 56.1. The Morgan fingerprint density at radius 1 is 0.877 bits per heavy atom. The number of fused-ring (bicyclic) bond motifs is 3. The Kier molecular flexibility index (Phi) is 16.4. The monoisotopic (exact) mass is 1010 g/mol. The highest BCUT2D eigenvalue weighted by Crippen LogP contribution is 2.44. The number of hydrogen-bond acceptors (Lipinski definition) is 14. The van der Waals surface area contributed by atoms with Crippen molar-refractivity contribution in [1.82, 2.24) is 45.3 Å². The maximum Gasteiger partial charge on any atom is 0.317 e. The van der Waals surface area contributed by atoms with Crippen LogP contribution in [0.2, 0.25) is 0 Å². The van der Waals surface area contributed by atoms with Gasteiger partial charge in [-0.1, -0.05) is 0 Å². The number of nitrogens with zero attached hydrogens (tertiary/aromatic N) is 7. The van der Waals surface area contributed by atoms with Gasteiger partial charge in [-0.15, -0.1) is 0 Å². The number of ether oxygens (including phenoxy) is 4. The maximum atomic E-state index is 15.0. The number of anilines is 3. The molecule has 0 radical (unpaired) electrons. The number of urea groups is 1. The Balaban J connectivity index is 0.676. The predicted molar refractivity (Wildman–Crippen MR) is 260 cm³/mol. The minimum Gasteiger partial charge on any atom is -0.383 e. The van der Waals surface area contributed by atoms with Gasteiger partial charge in [0, 0.05) is 106 Å². The van der Waals surface area contributed by atoms with Crippen molar-refractivity contribution in [2.45, 2.75) is 83.0 Å². The molecule has 7 heterocycles. The smallest absolute Gasteiger partial charge is 0.317 e. The summed E-state index contributed by atoms with van der Waals surface area (Å²) in [5, 5.41) is 20.5. The summed E-state index contributed by atoms with van der Waals surface area (Å²) in [6.45, 7) is 5.65. The summed E-state index contributed by atoms with van der Waals surface area (Å²) in [6.07, 6.45) is 4.62. The Morgan fingerprint density at radius 2 is 1.64 bits per heavy atom. The first-order valence-corrected chi connectivity index (χ1v) is 25.0. The van der Waals surface area contributed by atoms with Crippen molar-refractivity contribution in [3.05, 3.63) is 76.2 Å². The molecule has 2 saturated heterocycles. The first kappa shape index (κ1) is 51.1. The van der Waals surface area contributed by atoms with Gasteiger partial charge >= 0.3 is 6.03 Å². The number of carbonyl (C=O) groups is 6. The molecule has 2 fully saturated rings. The molecule has 7 amide bonds. The van der Waals surface area contributed by atoms with Crippen molar-refractivity contribution in [2.75, 3.05) is 96.3 Å². The minimum atomic E-state index is -2.76. The lowest BCUT2D eigenvalue weighted by Crippen LogP contribution is -2.54. The maximum absolute atomic E-state index is 15.0. The average Bonchev–Trinajstić information content (AvgIpc) is 4.10. The number of amides is 7. The highest BCUT2D eigenvalue weighted by molar-refractivity contribution is 6.23. The van der Waals surface area contributed by atoms with Gasteiger partial charge in [0.15, 0.2) is 5.82 Å². The van der Waals surface area contributed by atoms with Crippen LogP contribution >= 0.6 is 0 Å². The molecule has 0 spiro atoms. The third kappa shape index (κ3) is 11.5. The molecule has 21 nitrogen and oxygen atoms in total. The lowest BCUT2D eigenvalue weighted by Gasteiger charge is -2.33. The molecule has 1 atom stereocenters. The van der Waals surface area contributed by atoms with Crippen LogP contribution in [0.3, 0.4) is 0 Å². The SMILES string of the molecule is CNC(=O)N1CCc2c(c(N3CCCc4cc(-c5cnn(CCNC(=O)CCOCCOCCOCCNc6ccc7c(c6)C(=O)N(C6CCC(=O)NC6=O)C7=O)c5)c(C(F)F)cc43)nn2C2CCOCC2)C1. The second-order valence-electron chi connectivity index (χ2n) is 18.5. The normalized spacial score (nSPS) is 18.0. The Bertz CT molecular complexity index is 2710. The van der Waals surface area contributed by atoms with Crippen molar-refractivity contribution in [1.29, 1.82) is 0 Å². The minimum absolute atomic E-state index is 0.0498. The van der Waals surface area contributed by atoms with Gasteiger partial charge in [-0.3, -0.25) is 43.6 Å². The summed E-state index contributed by atoms with van der Waals surface area (Å²) in [6, 6.07) is 7.19. The average molecular weight is 1010 g/mol. The van der Waals surface area contributed by atoms with Crippen molar-refractivity contribution >= 4 is 52.8 Å². The highest BCUT2D eigenvalue weighted by atomic mass is 19.3. The molecule has 4 aromatic rings. The van der Waals surface area contributed by atoms with Crippen molar-refractivity contribution in [2.24, 2.45) is 0 Å². The number of benzene rings is 2. The lowest BCUT2D eigenvalue weighted by molar-refractivity contribution is -0.136. The zero-order valence-electron chi connectivity index (χ0n) is 40.8. The van der Waals surface area contributed by atoms with Crippen LogP contribution in [0.15, 0.2) is 42.7 Å². The van der Waals surface area contributed by atoms with E-state index in [9.17, 15) is 37.5 Å². The Morgan fingerprint density at radius 3 is 2.41 bits per heavy atom. The van der Waals surface area contributed by atoms with Crippen LogP contribution in [0, 0.1) is 0 Å². The van der Waals surface area contributed by atoms with Gasteiger partial charge in [0.25, 0.3) is 18.2 Å². The van der Waals surface area contributed by atoms with Crippen LogP contribution in [0.1, 0.15) is 94.1 Å². The third-order valence-electron chi connectivity index (χ3n) is 13.8. The Labute approximate surface area is 420 Å². The fourth-order valence-electron chi connectivity index (χ4n) is 10.1. The molecule has 4 N–H and O–H groups in total. The van der Waals surface area contributed by atoms with Crippen LogP contribution in [0.4, 0.5) is 30.8 Å². The molecule has 2 aromatic heterocycles. The van der Waals surface area contributed by atoms with Gasteiger partial charge in [-0.05, 0) is 73.6 Å². The van der Waals surface area contributed by atoms with E-state index in [0.717, 1.165) is 41.0 Å². The van der Waals surface area contributed by atoms with E-state index in [-0.39, 0.29) is 73.7 Å². The van der Waals surface area contributed by atoms with E-state index in [1.807, 2.05) is 6.07 Å². The summed E-state index contributed by atoms with van der Waals surface area (Å²) in [7, 11) is 1.61. The molecule has 0 aliphatic carbocycles. The molecule has 73 heavy (non-hydrogen) atoms. The number of aromatic nitrogens is 4. The molecule has 5 aliphatic heterocycles. The molecule has 0 bridgehead atoms. The zero-order chi connectivity index (χ0) is 51.0. The summed E-state index contributed by atoms with van der Waals surface area (Å²) in [5.74, 6) is -1.72. The van der Waals surface area contributed by atoms with Crippen molar-refractivity contribution < 1.29 is 56.5 Å². The number of halogens is 2. The number of carbonyl (C=O) groups excluding carboxylic acids is 6. The number of nitrogens with one attached hydrogen (secondary N) is 4. The zero-order valence-corrected chi connectivity index (χ0v) is 40.8. The summed E-state index contributed by atoms with van der Waals surface area (Å²) in [5.41, 5.74) is 5.52. The van der Waals surface area contributed by atoms with E-state index >= 15 is 0 Å². The van der Waals surface area contributed by atoms with E-state index in [1.165, 1.54) is 6.07 Å². The van der Waals surface area contributed by atoms with E-state index in [0.29, 0.717) is 114 Å². The van der Waals surface area contributed by atoms with E-state index < -0.39 is 36.1 Å². The first-order valence-electron chi connectivity index (χ1n) is 25.0. The standard InChI is InChI=1S/C50H61F2N11O10/c1-53-50(69)59-15-8-40-39(30-59)46(58-63(40)34-9-17-70-18-10-34)61-14-2-3-31-25-36(37(45(51)52)27-42(31)61)32-28-56-60(29-32)16-12-55-43(64)11-19-71-21-23-73-24-22-72-20-13-54-33-4-5-35-38(26-33)49(68)62(48(35)67)41-6-7-44(65)57-47(41)66/h4-5,25-29,34,41,45,54H,2-3,6-24,30H2,1H3,(H,53,69)(H,55,64)(H,57,65,66). The summed E-state index contributed by atoms with van der Waals surface area (Å²) >= 11 is 0. The predicted octanol–water partition coefficient (Wildman–Crippen LogP) is 3.89. The highest BCUT2D eigenvalue weighted by Gasteiger charge is 2.45. The number of imide groups is 2. The van der Waals surface area contributed by atoms with Gasteiger partial charge in [0.1, 0.15) is 6.04 Å². The lowest BCUT2D eigenvalue weighted by atomic mass is 9.92. The topological polar surface area (TPSA) is 233 Å². The van der Waals surface area contributed by atoms with E-state index in [4.69, 9.17) is 24.0 Å². The van der Waals surface area contributed by atoms with Crippen LogP contribution in [-0.4, -0.2) is 157 Å². The van der Waals surface area contributed by atoms with Gasteiger partial charge < -0.3 is 44.7 Å². The van der Waals surface area contributed by atoms with Gasteiger partial charge in [-0.25, -0.2) is 13.6 Å². The van der Waals surface area contributed by atoms with Crippen LogP contribution in [0.5, 0.6) is 0 Å². The van der Waals surface area contributed by atoms with E-state index in [2.05, 4.69) is 35.9 Å². The first-order chi connectivity index (χ1) is 35.5. The van der Waals surface area contributed by atoms with Crippen molar-refractivity contribution in [3.63, 3.8) is 0 Å². The molecule has 23 heteroatoms. The largest absolute Gasteiger partial charge is 0.383 e.